The predicted molar refractivity (Wildman–Crippen MR) is 94.5 cm³/mol. The first-order valence-corrected chi connectivity index (χ1v) is 8.39. The summed E-state index contributed by atoms with van der Waals surface area (Å²) < 4.78 is 0. The Bertz CT molecular complexity index is 740. The summed E-state index contributed by atoms with van der Waals surface area (Å²) in [5, 5.41) is 19.1. The van der Waals surface area contributed by atoms with Gasteiger partial charge in [0, 0.05) is 22.7 Å². The maximum absolute atomic E-state index is 12.6. The van der Waals surface area contributed by atoms with Crippen LogP contribution in [0.4, 0.5) is 0 Å². The number of thioether (sulfide) groups is 1. The molecule has 116 valence electrons. The highest BCUT2D eigenvalue weighted by Gasteiger charge is 2.20. The van der Waals surface area contributed by atoms with Gasteiger partial charge in [0.2, 0.25) is 0 Å². The molecule has 1 fully saturated rings. The highest BCUT2D eigenvalue weighted by atomic mass is 32.2. The molecule has 0 aliphatic carbocycles. The molecule has 0 atom stereocenters. The molecule has 1 heterocycles. The zero-order valence-corrected chi connectivity index (χ0v) is 13.2. The van der Waals surface area contributed by atoms with Gasteiger partial charge in [-0.2, -0.15) is 11.8 Å². The summed E-state index contributed by atoms with van der Waals surface area (Å²) in [4.78, 5) is 12.6. The molecular weight excluding hydrogens is 308 g/mol. The van der Waals surface area contributed by atoms with Crippen molar-refractivity contribution in [2.24, 2.45) is 0 Å². The van der Waals surface area contributed by atoms with E-state index in [-0.39, 0.29) is 17.3 Å². The number of Topliss-reactive ketones (excluding diaryl/α,β-unsaturated/α-hetero) is 1. The van der Waals surface area contributed by atoms with E-state index in [1.807, 2.05) is 24.3 Å². The second-order valence-corrected chi connectivity index (χ2v) is 6.34. The van der Waals surface area contributed by atoms with Crippen LogP contribution in [0, 0.1) is 0 Å². The van der Waals surface area contributed by atoms with Crippen LogP contribution in [0.5, 0.6) is 11.5 Å². The van der Waals surface area contributed by atoms with Gasteiger partial charge < -0.3 is 10.2 Å². The number of carbonyl (C=O) groups excluding carboxylic acids is 1. The minimum atomic E-state index is 0.0236. The largest absolute Gasteiger partial charge is 0.508 e. The molecule has 3 rings (SSSR count). The summed E-state index contributed by atoms with van der Waals surface area (Å²) >= 11 is 1.68. The first-order chi connectivity index (χ1) is 11.1. The molecule has 3 nitrogen and oxygen atoms in total. The number of carbonyl (C=O) groups is 1. The molecule has 0 spiro atoms. The van der Waals surface area contributed by atoms with Crippen molar-refractivity contribution in [3.63, 3.8) is 0 Å². The maximum atomic E-state index is 12.6. The zero-order chi connectivity index (χ0) is 16.2. The topological polar surface area (TPSA) is 57.5 Å². The van der Waals surface area contributed by atoms with Gasteiger partial charge in [0.25, 0.3) is 0 Å². The van der Waals surface area contributed by atoms with Gasteiger partial charge in [-0.25, -0.2) is 0 Å². The smallest absolute Gasteiger partial charge is 0.186 e. The maximum Gasteiger partial charge on any atom is 0.186 e. The number of ketones is 1. The third-order valence-corrected chi connectivity index (χ3v) is 4.55. The van der Waals surface area contributed by atoms with Crippen molar-refractivity contribution in [2.75, 3.05) is 11.5 Å². The van der Waals surface area contributed by atoms with E-state index < -0.39 is 0 Å². The highest BCUT2D eigenvalue weighted by molar-refractivity contribution is 7.99. The number of hydrogen-bond acceptors (Lipinski definition) is 4. The minimum Gasteiger partial charge on any atom is -0.508 e. The molecule has 0 aromatic heterocycles. The standard InChI is InChI=1S/C19H16O3S/c20-17-5-1-3-13(9-17)7-15-11-23-12-16(19(15)22)8-14-4-2-6-18(21)10-14/h1-10,20-21H,11-12H2/b15-7-,16-8-. The lowest BCUT2D eigenvalue weighted by Gasteiger charge is -2.16. The Morgan fingerprint density at radius 3 is 1.74 bits per heavy atom. The Morgan fingerprint density at radius 1 is 0.826 bits per heavy atom. The lowest BCUT2D eigenvalue weighted by Crippen LogP contribution is -2.16. The van der Waals surface area contributed by atoms with E-state index in [9.17, 15) is 15.0 Å². The first kappa shape index (κ1) is 15.4. The number of hydrogen-bond donors (Lipinski definition) is 2. The molecule has 0 radical (unpaired) electrons. The van der Waals surface area contributed by atoms with Crippen LogP contribution in [0.2, 0.25) is 0 Å². The second kappa shape index (κ2) is 6.75. The van der Waals surface area contributed by atoms with Crippen LogP contribution < -0.4 is 0 Å². The van der Waals surface area contributed by atoms with Gasteiger partial charge in [-0.05, 0) is 47.5 Å². The fraction of sp³-hybridized carbons (Fsp3) is 0.105. The summed E-state index contributed by atoms with van der Waals surface area (Å²) in [6.07, 6.45) is 3.65. The lowest BCUT2D eigenvalue weighted by atomic mass is 10.0. The number of phenolic OH excluding ortho intramolecular Hbond substituents is 2. The molecular formula is C19H16O3S. The van der Waals surface area contributed by atoms with E-state index in [0.717, 1.165) is 22.3 Å². The summed E-state index contributed by atoms with van der Waals surface area (Å²) in [7, 11) is 0. The van der Waals surface area contributed by atoms with E-state index in [2.05, 4.69) is 0 Å². The number of phenols is 2. The highest BCUT2D eigenvalue weighted by Crippen LogP contribution is 2.28. The SMILES string of the molecule is O=C1/C(=C\c2cccc(O)c2)CSC/C1=C/c1cccc(O)c1. The molecule has 2 aromatic rings. The van der Waals surface area contributed by atoms with Crippen LogP contribution in [-0.2, 0) is 4.79 Å². The average molecular weight is 324 g/mol. The molecule has 0 bridgehead atoms. The van der Waals surface area contributed by atoms with Crippen molar-refractivity contribution in [1.29, 1.82) is 0 Å². The molecule has 0 amide bonds. The van der Waals surface area contributed by atoms with Gasteiger partial charge in [0.15, 0.2) is 5.78 Å². The Balaban J connectivity index is 1.89. The fourth-order valence-electron chi connectivity index (χ4n) is 2.45. The monoisotopic (exact) mass is 324 g/mol. The van der Waals surface area contributed by atoms with Crippen molar-refractivity contribution in [2.45, 2.75) is 0 Å². The van der Waals surface area contributed by atoms with Crippen LogP contribution in [0.3, 0.4) is 0 Å². The minimum absolute atomic E-state index is 0.0236. The lowest BCUT2D eigenvalue weighted by molar-refractivity contribution is -0.112. The molecule has 1 aliphatic rings. The van der Waals surface area contributed by atoms with Gasteiger partial charge >= 0.3 is 0 Å². The van der Waals surface area contributed by atoms with E-state index in [4.69, 9.17) is 0 Å². The summed E-state index contributed by atoms with van der Waals surface area (Å²) in [6, 6.07) is 13.7. The molecule has 1 saturated heterocycles. The van der Waals surface area contributed by atoms with Gasteiger partial charge in [0.1, 0.15) is 11.5 Å². The van der Waals surface area contributed by atoms with Crippen molar-refractivity contribution in [1.82, 2.24) is 0 Å². The zero-order valence-electron chi connectivity index (χ0n) is 12.4. The van der Waals surface area contributed by atoms with Gasteiger partial charge in [0.05, 0.1) is 0 Å². The Labute approximate surface area is 139 Å². The molecule has 2 N–H and O–H groups in total. The summed E-state index contributed by atoms with van der Waals surface area (Å²) in [6.45, 7) is 0. The second-order valence-electron chi connectivity index (χ2n) is 5.35. The predicted octanol–water partition coefficient (Wildman–Crippen LogP) is 3.88. The van der Waals surface area contributed by atoms with Crippen LogP contribution in [0.25, 0.3) is 12.2 Å². The molecule has 4 heteroatoms. The fourth-order valence-corrected chi connectivity index (χ4v) is 3.42. The number of aromatic hydroxyl groups is 2. The van der Waals surface area contributed by atoms with Crippen molar-refractivity contribution >= 4 is 29.7 Å². The van der Waals surface area contributed by atoms with Gasteiger partial charge in [-0.1, -0.05) is 24.3 Å². The van der Waals surface area contributed by atoms with E-state index in [1.165, 1.54) is 0 Å². The molecule has 23 heavy (non-hydrogen) atoms. The average Bonchev–Trinajstić information content (AvgIpc) is 2.51. The normalized spacial score (nSPS) is 18.5. The van der Waals surface area contributed by atoms with Crippen LogP contribution in [0.15, 0.2) is 59.7 Å². The summed E-state index contributed by atoms with van der Waals surface area (Å²) in [5.41, 5.74) is 3.07. The van der Waals surface area contributed by atoms with Crippen molar-refractivity contribution < 1.29 is 15.0 Å². The van der Waals surface area contributed by atoms with Crippen LogP contribution in [-0.4, -0.2) is 27.5 Å². The van der Waals surface area contributed by atoms with Crippen molar-refractivity contribution in [3.05, 3.63) is 70.8 Å². The number of benzene rings is 2. The molecule has 1 aliphatic heterocycles. The molecule has 0 unspecified atom stereocenters. The van der Waals surface area contributed by atoms with Gasteiger partial charge in [-0.3, -0.25) is 4.79 Å². The quantitative estimate of drug-likeness (QED) is 0.823. The van der Waals surface area contributed by atoms with Crippen molar-refractivity contribution in [3.8, 4) is 11.5 Å². The third kappa shape index (κ3) is 3.85. The van der Waals surface area contributed by atoms with E-state index >= 15 is 0 Å². The third-order valence-electron chi connectivity index (χ3n) is 3.52. The molecule has 0 saturated carbocycles. The Kier molecular flexibility index (Phi) is 4.53. The van der Waals surface area contributed by atoms with Gasteiger partial charge in [-0.15, -0.1) is 0 Å². The van der Waals surface area contributed by atoms with E-state index in [0.29, 0.717) is 11.5 Å². The van der Waals surface area contributed by atoms with Crippen LogP contribution in [0.1, 0.15) is 11.1 Å². The van der Waals surface area contributed by atoms with E-state index in [1.54, 1.807) is 48.2 Å². The number of rotatable bonds is 2. The van der Waals surface area contributed by atoms with Crippen LogP contribution >= 0.6 is 11.8 Å². The Hall–Kier alpha value is -2.46. The molecule has 2 aromatic carbocycles. The first-order valence-electron chi connectivity index (χ1n) is 7.23. The summed E-state index contributed by atoms with van der Waals surface area (Å²) in [5.74, 6) is 1.71. The Morgan fingerprint density at radius 2 is 1.30 bits per heavy atom.